The van der Waals surface area contributed by atoms with E-state index in [9.17, 15) is 0 Å². The molecule has 1 fully saturated rings. The maximum absolute atomic E-state index is 3.63. The van der Waals surface area contributed by atoms with Crippen molar-refractivity contribution in [1.29, 1.82) is 0 Å². The predicted molar refractivity (Wildman–Crippen MR) is 70.9 cm³/mol. The van der Waals surface area contributed by atoms with Crippen LogP contribution >= 0.6 is 0 Å². The van der Waals surface area contributed by atoms with E-state index in [0.717, 1.165) is 6.04 Å². The van der Waals surface area contributed by atoms with Crippen molar-refractivity contribution in [1.82, 2.24) is 15.1 Å². The van der Waals surface area contributed by atoms with Gasteiger partial charge in [-0.1, -0.05) is 6.92 Å². The number of hydrogen-bond donors (Lipinski definition) is 1. The lowest BCUT2D eigenvalue weighted by Gasteiger charge is -2.30. The summed E-state index contributed by atoms with van der Waals surface area (Å²) in [6.45, 7) is 9.54. The molecule has 0 aromatic carbocycles. The Bertz CT molecular complexity index is 182. The predicted octanol–water partition coefficient (Wildman–Crippen LogP) is 1.40. The number of hydrogen-bond acceptors (Lipinski definition) is 3. The first-order chi connectivity index (χ1) is 7.63. The second-order valence-corrected chi connectivity index (χ2v) is 5.35. The minimum Gasteiger partial charge on any atom is -0.313 e. The molecule has 0 saturated carbocycles. The lowest BCUT2D eigenvalue weighted by atomic mass is 10.1. The fraction of sp³-hybridized carbons (Fsp3) is 1.00. The molecule has 2 unspecified atom stereocenters. The van der Waals surface area contributed by atoms with Crippen molar-refractivity contribution in [3.63, 3.8) is 0 Å². The van der Waals surface area contributed by atoms with Crippen molar-refractivity contribution >= 4 is 0 Å². The molecule has 1 heterocycles. The molecule has 2 atom stereocenters. The molecule has 3 heteroatoms. The Hall–Kier alpha value is -0.120. The molecule has 0 bridgehead atoms. The summed E-state index contributed by atoms with van der Waals surface area (Å²) in [6.07, 6.45) is 3.82. The third kappa shape index (κ3) is 4.81. The quantitative estimate of drug-likeness (QED) is 0.766. The molecule has 0 amide bonds. The summed E-state index contributed by atoms with van der Waals surface area (Å²) in [4.78, 5) is 4.95. The Labute approximate surface area is 101 Å². The van der Waals surface area contributed by atoms with Crippen molar-refractivity contribution in [2.75, 3.05) is 40.3 Å². The fourth-order valence-electron chi connectivity index (χ4n) is 2.33. The summed E-state index contributed by atoms with van der Waals surface area (Å²) in [5.74, 6) is 0. The minimum absolute atomic E-state index is 0.698. The van der Waals surface area contributed by atoms with Crippen molar-refractivity contribution in [3.8, 4) is 0 Å². The maximum atomic E-state index is 3.63. The monoisotopic (exact) mass is 227 g/mol. The molecule has 0 aromatic heterocycles. The highest BCUT2D eigenvalue weighted by atomic mass is 15.2. The van der Waals surface area contributed by atoms with Gasteiger partial charge in [0, 0.05) is 18.6 Å². The molecular weight excluding hydrogens is 198 g/mol. The number of nitrogens with zero attached hydrogens (tertiary/aromatic N) is 2. The van der Waals surface area contributed by atoms with Crippen LogP contribution in [0, 0.1) is 0 Å². The highest BCUT2D eigenvalue weighted by Gasteiger charge is 2.20. The van der Waals surface area contributed by atoms with E-state index in [-0.39, 0.29) is 0 Å². The van der Waals surface area contributed by atoms with Gasteiger partial charge in [0.25, 0.3) is 0 Å². The van der Waals surface area contributed by atoms with E-state index in [1.54, 1.807) is 0 Å². The average molecular weight is 227 g/mol. The summed E-state index contributed by atoms with van der Waals surface area (Å²) in [5, 5.41) is 3.63. The summed E-state index contributed by atoms with van der Waals surface area (Å²) in [5.41, 5.74) is 0. The molecule has 0 spiro atoms. The van der Waals surface area contributed by atoms with Gasteiger partial charge in [-0.2, -0.15) is 0 Å². The van der Waals surface area contributed by atoms with Gasteiger partial charge < -0.3 is 10.2 Å². The Morgan fingerprint density at radius 2 is 2.19 bits per heavy atom. The maximum Gasteiger partial charge on any atom is 0.0192 e. The van der Waals surface area contributed by atoms with Gasteiger partial charge in [0.2, 0.25) is 0 Å². The van der Waals surface area contributed by atoms with Crippen LogP contribution in [0.1, 0.15) is 33.1 Å². The molecule has 1 rings (SSSR count). The first kappa shape index (κ1) is 13.9. The first-order valence-electron chi connectivity index (χ1n) is 6.75. The highest BCUT2D eigenvalue weighted by Crippen LogP contribution is 2.10. The molecule has 1 aliphatic rings. The van der Waals surface area contributed by atoms with Crippen LogP contribution in [-0.4, -0.2) is 62.2 Å². The van der Waals surface area contributed by atoms with Crippen molar-refractivity contribution in [2.45, 2.75) is 45.2 Å². The van der Waals surface area contributed by atoms with E-state index in [0.29, 0.717) is 6.04 Å². The SMILES string of the molecule is CCC1CN(C(C)CCN(C)C)CCCN1. The van der Waals surface area contributed by atoms with Crippen molar-refractivity contribution < 1.29 is 0 Å². The molecule has 0 radical (unpaired) electrons. The largest absolute Gasteiger partial charge is 0.313 e. The van der Waals surface area contributed by atoms with Gasteiger partial charge in [0.15, 0.2) is 0 Å². The fourth-order valence-corrected chi connectivity index (χ4v) is 2.33. The molecule has 1 aliphatic heterocycles. The normalized spacial score (nSPS) is 25.7. The van der Waals surface area contributed by atoms with Gasteiger partial charge in [0.05, 0.1) is 0 Å². The van der Waals surface area contributed by atoms with E-state index in [4.69, 9.17) is 0 Å². The molecule has 3 nitrogen and oxygen atoms in total. The number of nitrogens with one attached hydrogen (secondary N) is 1. The van der Waals surface area contributed by atoms with Crippen LogP contribution in [0.15, 0.2) is 0 Å². The summed E-state index contributed by atoms with van der Waals surface area (Å²) >= 11 is 0. The zero-order valence-electron chi connectivity index (χ0n) is 11.5. The molecule has 96 valence electrons. The van der Waals surface area contributed by atoms with Gasteiger partial charge in [0.1, 0.15) is 0 Å². The third-order valence-corrected chi connectivity index (χ3v) is 3.62. The van der Waals surface area contributed by atoms with E-state index in [2.05, 4.69) is 43.1 Å². The topological polar surface area (TPSA) is 18.5 Å². The Morgan fingerprint density at radius 1 is 1.44 bits per heavy atom. The molecule has 1 N–H and O–H groups in total. The van der Waals surface area contributed by atoms with Gasteiger partial charge in [-0.25, -0.2) is 0 Å². The lowest BCUT2D eigenvalue weighted by molar-refractivity contribution is 0.183. The smallest absolute Gasteiger partial charge is 0.0192 e. The second-order valence-electron chi connectivity index (χ2n) is 5.35. The van der Waals surface area contributed by atoms with Crippen LogP contribution in [0.4, 0.5) is 0 Å². The van der Waals surface area contributed by atoms with Crippen LogP contribution in [0.5, 0.6) is 0 Å². The zero-order valence-corrected chi connectivity index (χ0v) is 11.5. The van der Waals surface area contributed by atoms with Crippen LogP contribution in [0.25, 0.3) is 0 Å². The number of rotatable bonds is 5. The van der Waals surface area contributed by atoms with Gasteiger partial charge in [-0.15, -0.1) is 0 Å². The second kappa shape index (κ2) is 7.25. The van der Waals surface area contributed by atoms with E-state index in [1.165, 1.54) is 45.4 Å². The van der Waals surface area contributed by atoms with Crippen LogP contribution in [0.2, 0.25) is 0 Å². The molecule has 16 heavy (non-hydrogen) atoms. The van der Waals surface area contributed by atoms with E-state index < -0.39 is 0 Å². The lowest BCUT2D eigenvalue weighted by Crippen LogP contribution is -2.42. The van der Waals surface area contributed by atoms with Crippen LogP contribution < -0.4 is 5.32 Å². The van der Waals surface area contributed by atoms with Gasteiger partial charge >= 0.3 is 0 Å². The van der Waals surface area contributed by atoms with Crippen molar-refractivity contribution in [3.05, 3.63) is 0 Å². The third-order valence-electron chi connectivity index (χ3n) is 3.62. The minimum atomic E-state index is 0.698. The zero-order chi connectivity index (χ0) is 12.0. The Balaban J connectivity index is 2.37. The van der Waals surface area contributed by atoms with Gasteiger partial charge in [-0.05, 0) is 59.9 Å². The summed E-state index contributed by atoms with van der Waals surface area (Å²) in [7, 11) is 4.32. The average Bonchev–Trinajstić information content (AvgIpc) is 2.50. The van der Waals surface area contributed by atoms with Gasteiger partial charge in [-0.3, -0.25) is 4.90 Å². The standard InChI is InChI=1S/C13H29N3/c1-5-13-11-16(9-6-8-14-13)12(2)7-10-15(3)4/h12-14H,5-11H2,1-4H3. The molecule has 0 aliphatic carbocycles. The first-order valence-corrected chi connectivity index (χ1v) is 6.75. The highest BCUT2D eigenvalue weighted by molar-refractivity contribution is 4.79. The summed E-state index contributed by atoms with van der Waals surface area (Å²) < 4.78 is 0. The Morgan fingerprint density at radius 3 is 2.81 bits per heavy atom. The Kier molecular flexibility index (Phi) is 6.32. The van der Waals surface area contributed by atoms with Crippen LogP contribution in [-0.2, 0) is 0 Å². The molecule has 1 saturated heterocycles. The van der Waals surface area contributed by atoms with Crippen LogP contribution in [0.3, 0.4) is 0 Å². The molecule has 0 aromatic rings. The summed E-state index contributed by atoms with van der Waals surface area (Å²) in [6, 6.07) is 1.42. The van der Waals surface area contributed by atoms with E-state index >= 15 is 0 Å². The van der Waals surface area contributed by atoms with Crippen molar-refractivity contribution in [2.24, 2.45) is 0 Å². The molecular formula is C13H29N3. The van der Waals surface area contributed by atoms with E-state index in [1.807, 2.05) is 0 Å².